The molecule has 0 saturated heterocycles. The molecular weight excluding hydrogens is 396 g/mol. The highest BCUT2D eigenvalue weighted by molar-refractivity contribution is 8.03. The van der Waals surface area contributed by atoms with Gasteiger partial charge in [0, 0.05) is 28.4 Å². The van der Waals surface area contributed by atoms with Gasteiger partial charge in [-0.3, -0.25) is 4.79 Å². The van der Waals surface area contributed by atoms with Crippen molar-refractivity contribution in [2.45, 2.75) is 24.8 Å². The molecule has 0 saturated carbocycles. The molecule has 0 bridgehead atoms. The minimum atomic E-state index is -0.554. The van der Waals surface area contributed by atoms with Crippen LogP contribution in [0, 0.1) is 0 Å². The van der Waals surface area contributed by atoms with Crippen LogP contribution in [0.5, 0.6) is 0 Å². The Bertz CT molecular complexity index is 940. The highest BCUT2D eigenvalue weighted by Crippen LogP contribution is 2.41. The van der Waals surface area contributed by atoms with Gasteiger partial charge < -0.3 is 10.1 Å². The second-order valence-corrected chi connectivity index (χ2v) is 7.51. The molecule has 0 spiro atoms. The fraction of sp³-hybridized carbons (Fsp3) is 0.190. The monoisotopic (exact) mass is 414 g/mol. The van der Waals surface area contributed by atoms with Gasteiger partial charge in [-0.05, 0) is 43.7 Å². The molecular formula is C21H19ClN2O3S. The number of carbonyl (C=O) groups is 2. The maximum atomic E-state index is 12.7. The van der Waals surface area contributed by atoms with Crippen molar-refractivity contribution in [2.75, 3.05) is 6.61 Å². The van der Waals surface area contributed by atoms with Crippen molar-refractivity contribution in [3.05, 3.63) is 81.1 Å². The second kappa shape index (κ2) is 9.08. The van der Waals surface area contributed by atoms with Crippen LogP contribution in [-0.4, -0.2) is 23.8 Å². The minimum Gasteiger partial charge on any atom is -0.463 e. The summed E-state index contributed by atoms with van der Waals surface area (Å²) in [6.07, 6.45) is 2.47. The molecule has 1 aliphatic rings. The standard InChI is InChI=1S/C21H19ClN2O3S/c1-3-27-21(26)18-13(2)24-20(28-17-6-4-5-11-23-17)16(12-25)19(18)14-7-9-15(22)10-8-14/h4-12,19,24H,3H2,1-2H3/t19-/m0/s1. The molecule has 0 amide bonds. The third-order valence-electron chi connectivity index (χ3n) is 4.24. The number of hydrogen-bond acceptors (Lipinski definition) is 6. The van der Waals surface area contributed by atoms with E-state index in [4.69, 9.17) is 16.3 Å². The minimum absolute atomic E-state index is 0.249. The number of ether oxygens (including phenoxy) is 1. The largest absolute Gasteiger partial charge is 0.463 e. The summed E-state index contributed by atoms with van der Waals surface area (Å²) in [6.45, 7) is 3.80. The van der Waals surface area contributed by atoms with E-state index in [9.17, 15) is 9.59 Å². The number of allylic oxidation sites excluding steroid dienone is 2. The van der Waals surface area contributed by atoms with Crippen molar-refractivity contribution < 1.29 is 14.3 Å². The maximum absolute atomic E-state index is 12.7. The first-order valence-corrected chi connectivity index (χ1v) is 9.93. The average Bonchev–Trinajstić information content (AvgIpc) is 2.69. The first kappa shape index (κ1) is 20.2. The Labute approximate surface area is 172 Å². The number of carbonyl (C=O) groups excluding carboxylic acids is 2. The van der Waals surface area contributed by atoms with E-state index in [0.717, 1.165) is 16.9 Å². The Hall–Kier alpha value is -2.57. The quantitative estimate of drug-likeness (QED) is 0.556. The number of nitrogens with zero attached hydrogens (tertiary/aromatic N) is 1. The summed E-state index contributed by atoms with van der Waals surface area (Å²) >= 11 is 7.37. The molecule has 1 aromatic heterocycles. The van der Waals surface area contributed by atoms with E-state index in [1.807, 2.05) is 30.3 Å². The summed E-state index contributed by atoms with van der Waals surface area (Å²) in [5, 5.41) is 5.15. The highest BCUT2D eigenvalue weighted by Gasteiger charge is 2.35. The molecule has 2 aromatic rings. The number of rotatable bonds is 6. The van der Waals surface area contributed by atoms with Crippen molar-refractivity contribution in [1.82, 2.24) is 10.3 Å². The summed E-state index contributed by atoms with van der Waals surface area (Å²) in [7, 11) is 0. The number of aldehydes is 1. The lowest BCUT2D eigenvalue weighted by Gasteiger charge is -2.30. The molecule has 1 aromatic carbocycles. The number of halogens is 1. The zero-order valence-electron chi connectivity index (χ0n) is 15.4. The smallest absolute Gasteiger partial charge is 0.336 e. The number of hydrogen-bond donors (Lipinski definition) is 1. The van der Waals surface area contributed by atoms with Gasteiger partial charge in [-0.15, -0.1) is 0 Å². The average molecular weight is 415 g/mol. The summed E-state index contributed by atoms with van der Waals surface area (Å²) in [6, 6.07) is 12.7. The van der Waals surface area contributed by atoms with Crippen LogP contribution in [0.2, 0.25) is 5.02 Å². The summed E-state index contributed by atoms with van der Waals surface area (Å²) < 4.78 is 5.25. The summed E-state index contributed by atoms with van der Waals surface area (Å²) in [5.74, 6) is -1.00. The van der Waals surface area contributed by atoms with Crippen molar-refractivity contribution in [2.24, 2.45) is 0 Å². The van der Waals surface area contributed by atoms with Crippen molar-refractivity contribution in [3.8, 4) is 0 Å². The van der Waals surface area contributed by atoms with Crippen LogP contribution in [0.25, 0.3) is 0 Å². The maximum Gasteiger partial charge on any atom is 0.336 e. The fourth-order valence-electron chi connectivity index (χ4n) is 3.01. The van der Waals surface area contributed by atoms with Crippen LogP contribution >= 0.6 is 23.4 Å². The van der Waals surface area contributed by atoms with E-state index in [1.165, 1.54) is 11.8 Å². The molecule has 144 valence electrons. The Morgan fingerprint density at radius 2 is 2.04 bits per heavy atom. The van der Waals surface area contributed by atoms with Gasteiger partial charge in [0.2, 0.25) is 0 Å². The number of esters is 1. The van der Waals surface area contributed by atoms with E-state index < -0.39 is 11.9 Å². The van der Waals surface area contributed by atoms with E-state index >= 15 is 0 Å². The van der Waals surface area contributed by atoms with Gasteiger partial charge >= 0.3 is 5.97 Å². The van der Waals surface area contributed by atoms with Crippen molar-refractivity contribution in [1.29, 1.82) is 0 Å². The molecule has 2 heterocycles. The van der Waals surface area contributed by atoms with E-state index in [-0.39, 0.29) is 6.61 Å². The zero-order valence-corrected chi connectivity index (χ0v) is 17.0. The molecule has 7 heteroatoms. The third-order valence-corrected chi connectivity index (χ3v) is 5.48. The molecule has 1 aliphatic heterocycles. The number of pyridine rings is 1. The predicted molar refractivity (Wildman–Crippen MR) is 110 cm³/mol. The Morgan fingerprint density at radius 3 is 2.64 bits per heavy atom. The van der Waals surface area contributed by atoms with Crippen LogP contribution in [0.4, 0.5) is 0 Å². The molecule has 1 atom stereocenters. The van der Waals surface area contributed by atoms with Gasteiger partial charge in [-0.1, -0.05) is 41.6 Å². The number of thioether (sulfide) groups is 1. The topological polar surface area (TPSA) is 68.3 Å². The lowest BCUT2D eigenvalue weighted by molar-refractivity contribution is -0.138. The summed E-state index contributed by atoms with van der Waals surface area (Å²) in [5.41, 5.74) is 2.29. The van der Waals surface area contributed by atoms with Gasteiger partial charge in [-0.25, -0.2) is 9.78 Å². The van der Waals surface area contributed by atoms with Gasteiger partial charge in [0.15, 0.2) is 0 Å². The molecule has 0 unspecified atom stereocenters. The highest BCUT2D eigenvalue weighted by atomic mass is 35.5. The molecule has 0 fully saturated rings. The third kappa shape index (κ3) is 4.29. The number of dihydropyridines is 1. The lowest BCUT2D eigenvalue weighted by Crippen LogP contribution is -2.29. The molecule has 3 rings (SSSR count). The Kier molecular flexibility index (Phi) is 6.54. The van der Waals surface area contributed by atoms with Crippen LogP contribution in [-0.2, 0) is 14.3 Å². The predicted octanol–water partition coefficient (Wildman–Crippen LogP) is 4.46. The fourth-order valence-corrected chi connectivity index (χ4v) is 4.10. The lowest BCUT2D eigenvalue weighted by atomic mass is 9.82. The molecule has 1 N–H and O–H groups in total. The van der Waals surface area contributed by atoms with Gasteiger partial charge in [0.25, 0.3) is 0 Å². The van der Waals surface area contributed by atoms with Crippen molar-refractivity contribution >= 4 is 35.6 Å². The van der Waals surface area contributed by atoms with Crippen LogP contribution in [0.3, 0.4) is 0 Å². The summed E-state index contributed by atoms with van der Waals surface area (Å²) in [4.78, 5) is 29.1. The van der Waals surface area contributed by atoms with Crippen LogP contribution in [0.15, 0.2) is 75.6 Å². The van der Waals surface area contributed by atoms with Crippen LogP contribution < -0.4 is 5.32 Å². The van der Waals surface area contributed by atoms with Gasteiger partial charge in [0.05, 0.1) is 17.2 Å². The SMILES string of the molecule is CCOC(=O)C1=C(C)NC(Sc2ccccn2)=C(C=O)[C@@H]1c1ccc(Cl)cc1. The van der Waals surface area contributed by atoms with E-state index in [0.29, 0.717) is 26.9 Å². The molecule has 0 radical (unpaired) electrons. The Morgan fingerprint density at radius 1 is 1.29 bits per heavy atom. The molecule has 28 heavy (non-hydrogen) atoms. The van der Waals surface area contributed by atoms with E-state index in [1.54, 1.807) is 32.2 Å². The number of benzene rings is 1. The number of aromatic nitrogens is 1. The molecule has 5 nitrogen and oxygen atoms in total. The van der Waals surface area contributed by atoms with Gasteiger partial charge in [-0.2, -0.15) is 0 Å². The van der Waals surface area contributed by atoms with Crippen LogP contribution in [0.1, 0.15) is 25.3 Å². The number of nitrogens with one attached hydrogen (secondary N) is 1. The molecule has 0 aliphatic carbocycles. The normalized spacial score (nSPS) is 16.6. The van der Waals surface area contributed by atoms with Crippen molar-refractivity contribution in [3.63, 3.8) is 0 Å². The second-order valence-electron chi connectivity index (χ2n) is 6.04. The van der Waals surface area contributed by atoms with Gasteiger partial charge in [0.1, 0.15) is 11.3 Å². The first-order valence-electron chi connectivity index (χ1n) is 8.73. The Balaban J connectivity index is 2.11. The van der Waals surface area contributed by atoms with E-state index in [2.05, 4.69) is 10.3 Å². The zero-order chi connectivity index (χ0) is 20.1. The first-order chi connectivity index (χ1) is 13.5.